The van der Waals surface area contributed by atoms with Gasteiger partial charge >= 0.3 is 31.7 Å². The fraction of sp³-hybridized carbons (Fsp3) is 0.439. The van der Waals surface area contributed by atoms with Crippen molar-refractivity contribution in [2.45, 2.75) is 66.6 Å². The third-order valence-electron chi connectivity index (χ3n) is 8.64. The van der Waals surface area contributed by atoms with Crippen molar-refractivity contribution in [2.24, 2.45) is 0 Å². The minimum atomic E-state index is -0.525. The molecule has 0 aliphatic carbocycles. The van der Waals surface area contributed by atoms with E-state index in [9.17, 15) is 24.4 Å². The summed E-state index contributed by atoms with van der Waals surface area (Å²) in [6.07, 6.45) is -0.591. The summed E-state index contributed by atoms with van der Waals surface area (Å²) >= 11 is 3.65. The molecule has 2 saturated heterocycles. The van der Waals surface area contributed by atoms with Gasteiger partial charge in [0.1, 0.15) is 28.4 Å². The van der Waals surface area contributed by atoms with E-state index < -0.39 is 11.2 Å². The Morgan fingerprint density at radius 2 is 1.02 bits per heavy atom. The largest absolute Gasteiger partial charge is 2.00 e. The molecule has 2 aliphatic heterocycles. The van der Waals surface area contributed by atoms with Crippen LogP contribution < -0.4 is 9.80 Å². The number of rotatable bonds is 4. The first-order valence-electron chi connectivity index (χ1n) is 18.0. The molecule has 58 heavy (non-hydrogen) atoms. The van der Waals surface area contributed by atoms with Crippen molar-refractivity contribution in [3.8, 4) is 6.07 Å². The van der Waals surface area contributed by atoms with Gasteiger partial charge in [0.2, 0.25) is 0 Å². The van der Waals surface area contributed by atoms with Crippen LogP contribution in [0.25, 0.3) is 21.9 Å². The number of piperazine rings is 2. The molecule has 2 aromatic carbocycles. The summed E-state index contributed by atoms with van der Waals surface area (Å²) in [6.45, 7) is 28.4. The second-order valence-electron chi connectivity index (χ2n) is 15.0. The van der Waals surface area contributed by atoms with Gasteiger partial charge in [-0.1, -0.05) is 0 Å². The number of ether oxygens (including phenoxy) is 2. The zero-order valence-corrected chi connectivity index (χ0v) is 38.7. The van der Waals surface area contributed by atoms with Crippen molar-refractivity contribution in [2.75, 3.05) is 62.2 Å². The quantitative estimate of drug-likeness (QED) is 0.108. The first kappa shape index (κ1) is 48.7. The molecule has 0 unspecified atom stereocenters. The predicted octanol–water partition coefficient (Wildman–Crippen LogP) is 8.21. The number of nitrogens with zero attached hydrogens (tertiary/aromatic N) is 7. The Kier molecular flexibility index (Phi) is 17.5. The van der Waals surface area contributed by atoms with Gasteiger partial charge in [-0.2, -0.15) is 5.26 Å². The zero-order chi connectivity index (χ0) is 42.8. The minimum absolute atomic E-state index is 0. The summed E-state index contributed by atoms with van der Waals surface area (Å²) in [4.78, 5) is 55.2. The Labute approximate surface area is 359 Å². The predicted molar refractivity (Wildman–Crippen MR) is 215 cm³/mol. The van der Waals surface area contributed by atoms with Crippen LogP contribution in [0.1, 0.15) is 82.1 Å². The van der Waals surface area contributed by atoms with Gasteiger partial charge in [-0.05, 0) is 93.9 Å². The Morgan fingerprint density at radius 1 is 0.655 bits per heavy atom. The maximum absolute atomic E-state index is 12.2. The van der Waals surface area contributed by atoms with E-state index in [2.05, 4.69) is 31.8 Å². The van der Waals surface area contributed by atoms with E-state index in [1.165, 1.54) is 13.8 Å². The summed E-state index contributed by atoms with van der Waals surface area (Å²) in [5, 5.41) is 23.7. The molecule has 0 bridgehead atoms. The minimum Gasteiger partial charge on any atom is -0.512 e. The van der Waals surface area contributed by atoms with Crippen molar-refractivity contribution in [3.63, 3.8) is 0 Å². The third kappa shape index (κ3) is 12.3. The Bertz CT molecular complexity index is 2170. The SMILES string of the molecule is CC(=O)c1cc2c(Br)c(N3CCN(C(=O)OC(C)(C)C)CC3)ccc2o1.CC(=O)c1cc2c(C#N)c(N3CCN(C(=O)OC(C)(C)C)CC3)ccc2o1.[C-]#N.[C-]#N.[Zn+2]. The van der Waals surface area contributed by atoms with E-state index in [4.69, 9.17) is 42.0 Å². The molecule has 0 radical (unpaired) electrons. The summed E-state index contributed by atoms with van der Waals surface area (Å²) in [6, 6.07) is 13.1. The number of carbonyl (C=O) groups excluding carboxylic acids is 4. The van der Waals surface area contributed by atoms with E-state index in [0.717, 1.165) is 21.2 Å². The number of amides is 2. The van der Waals surface area contributed by atoms with E-state index >= 15 is 0 Å². The average Bonchev–Trinajstić information content (AvgIpc) is 3.82. The number of carbonyl (C=O) groups is 4. The molecule has 0 spiro atoms. The molecule has 15 nitrogen and oxygen atoms in total. The fourth-order valence-electron chi connectivity index (χ4n) is 6.05. The van der Waals surface area contributed by atoms with Crippen LogP contribution in [0.5, 0.6) is 0 Å². The number of hydrogen-bond acceptors (Lipinski definition) is 13. The summed E-state index contributed by atoms with van der Waals surface area (Å²) in [5.41, 5.74) is 2.48. The van der Waals surface area contributed by atoms with Crippen molar-refractivity contribution in [1.82, 2.24) is 9.80 Å². The van der Waals surface area contributed by atoms with Gasteiger partial charge in [0.15, 0.2) is 23.1 Å². The van der Waals surface area contributed by atoms with E-state index in [1.807, 2.05) is 59.7 Å². The zero-order valence-electron chi connectivity index (χ0n) is 34.1. The third-order valence-corrected chi connectivity index (χ3v) is 9.48. The molecule has 302 valence electrons. The van der Waals surface area contributed by atoms with Crippen molar-refractivity contribution < 1.29 is 57.0 Å². The molecule has 2 aromatic heterocycles. The number of fused-ring (bicyclic) bond motifs is 2. The van der Waals surface area contributed by atoms with Crippen LogP contribution in [0.15, 0.2) is 49.7 Å². The Hall–Kier alpha value is -5.43. The van der Waals surface area contributed by atoms with Crippen LogP contribution >= 0.6 is 15.9 Å². The maximum atomic E-state index is 12.2. The van der Waals surface area contributed by atoms with Gasteiger partial charge in [-0.3, -0.25) is 9.59 Å². The molecule has 0 N–H and O–H groups in total. The number of furan rings is 2. The topological polar surface area (TPSA) is 197 Å². The van der Waals surface area contributed by atoms with Crippen LogP contribution in [0, 0.1) is 35.0 Å². The maximum Gasteiger partial charge on any atom is 2.00 e. The van der Waals surface area contributed by atoms with E-state index in [-0.39, 0.29) is 49.0 Å². The molecule has 2 amide bonds. The van der Waals surface area contributed by atoms with Gasteiger partial charge in [-0.15, -0.1) is 0 Å². The molecule has 0 atom stereocenters. The Balaban J connectivity index is 0.000000363. The van der Waals surface area contributed by atoms with Crippen LogP contribution in [0.3, 0.4) is 0 Å². The van der Waals surface area contributed by atoms with Crippen LogP contribution in [-0.2, 0) is 29.0 Å². The van der Waals surface area contributed by atoms with Crippen molar-refractivity contribution in [3.05, 3.63) is 71.1 Å². The van der Waals surface area contributed by atoms with E-state index in [1.54, 1.807) is 28.0 Å². The number of nitriles is 1. The van der Waals surface area contributed by atoms with Crippen LogP contribution in [0.4, 0.5) is 21.0 Å². The molecule has 17 heteroatoms. The molecular weight excluding hydrogens is 864 g/mol. The molecule has 0 saturated carbocycles. The summed E-state index contributed by atoms with van der Waals surface area (Å²) in [7, 11) is 0. The Morgan fingerprint density at radius 3 is 1.40 bits per heavy atom. The molecule has 2 fully saturated rings. The monoisotopic (exact) mass is 907 g/mol. The number of ketones is 2. The average molecular weight is 910 g/mol. The molecule has 4 aromatic rings. The fourth-order valence-corrected chi connectivity index (χ4v) is 6.74. The smallest absolute Gasteiger partial charge is 0.512 e. The van der Waals surface area contributed by atoms with Gasteiger partial charge < -0.3 is 61.6 Å². The second kappa shape index (κ2) is 20.8. The van der Waals surface area contributed by atoms with Crippen molar-refractivity contribution >= 4 is 73.0 Å². The first-order valence-corrected chi connectivity index (χ1v) is 18.8. The van der Waals surface area contributed by atoms with Gasteiger partial charge in [0.25, 0.3) is 0 Å². The van der Waals surface area contributed by atoms with Gasteiger partial charge in [0.05, 0.1) is 21.4 Å². The number of Topliss-reactive ketones (excluding diaryl/α,β-unsaturated/α-hetero) is 2. The number of benzene rings is 2. The number of anilines is 2. The second-order valence-corrected chi connectivity index (χ2v) is 15.8. The van der Waals surface area contributed by atoms with Crippen LogP contribution in [0.2, 0.25) is 0 Å². The van der Waals surface area contributed by atoms with Gasteiger partial charge in [0, 0.05) is 77.0 Å². The first-order chi connectivity index (χ1) is 26.8. The van der Waals surface area contributed by atoms with Crippen molar-refractivity contribution in [1.29, 1.82) is 15.8 Å². The van der Waals surface area contributed by atoms with E-state index in [0.29, 0.717) is 80.2 Å². The molecule has 4 heterocycles. The van der Waals surface area contributed by atoms with Crippen LogP contribution in [-0.4, -0.2) is 97.1 Å². The van der Waals surface area contributed by atoms with Gasteiger partial charge in [-0.25, -0.2) is 9.59 Å². The standard InChI is InChI=1S/C20H23N3O4.C19H23BrN2O4.2CN.Zn/c1-13(24)18-11-14-15(12-21)16(5-6-17(14)26-18)22-7-9-23(10-8-22)19(25)27-20(2,3)4;1-12(23)16-11-13-15(25-16)6-5-14(17(13)20)21-7-9-22(10-8-21)18(24)26-19(2,3)4;2*1-2;/h5-6,11H,7-10H2,1-4H3;5-6,11H,7-10H2,1-4H3;;;/q;;2*-1;+2. The molecule has 2 aliphatic rings. The molecular formula is C41H46BrN7O8Zn. The number of halogens is 1. The molecule has 6 rings (SSSR count). The number of hydrogen-bond donors (Lipinski definition) is 0. The summed E-state index contributed by atoms with van der Waals surface area (Å²) in [5.74, 6) is 0.323. The summed E-state index contributed by atoms with van der Waals surface area (Å²) < 4.78 is 22.9. The normalized spacial score (nSPS) is 13.9.